The molecule has 0 saturated heterocycles. The van der Waals surface area contributed by atoms with E-state index in [4.69, 9.17) is 4.52 Å². The number of nitrogens with one attached hydrogen (secondary N) is 2. The molecule has 6 heteroatoms. The lowest BCUT2D eigenvalue weighted by molar-refractivity contribution is -0.116. The zero-order valence-electron chi connectivity index (χ0n) is 14.0. The lowest BCUT2D eigenvalue weighted by Gasteiger charge is -2.07. The molecule has 0 spiro atoms. The number of carbonyl (C=O) groups is 1. The van der Waals surface area contributed by atoms with Gasteiger partial charge in [0.2, 0.25) is 5.91 Å². The average molecular weight is 336 g/mol. The molecule has 0 unspecified atom stereocenters. The first-order valence-corrected chi connectivity index (χ1v) is 8.26. The van der Waals surface area contributed by atoms with Crippen LogP contribution in [0.3, 0.4) is 0 Å². The third-order valence-corrected chi connectivity index (χ3v) is 3.59. The van der Waals surface area contributed by atoms with E-state index in [1.54, 1.807) is 0 Å². The summed E-state index contributed by atoms with van der Waals surface area (Å²) in [6, 6.07) is 17.3. The number of rotatable bonds is 7. The van der Waals surface area contributed by atoms with Crippen LogP contribution in [0.5, 0.6) is 0 Å². The van der Waals surface area contributed by atoms with Crippen LogP contribution in [0.4, 0.5) is 11.6 Å². The first-order chi connectivity index (χ1) is 12.2. The van der Waals surface area contributed by atoms with Crippen molar-refractivity contribution >= 4 is 17.5 Å². The Kier molecular flexibility index (Phi) is 5.41. The summed E-state index contributed by atoms with van der Waals surface area (Å²) in [6.45, 7) is 2.51. The first-order valence-electron chi connectivity index (χ1n) is 8.26. The van der Waals surface area contributed by atoms with Crippen LogP contribution in [-0.4, -0.2) is 16.0 Å². The van der Waals surface area contributed by atoms with Crippen LogP contribution >= 0.6 is 0 Å². The molecule has 128 valence electrons. The standard InChI is InChI=1S/C19H20N4O2/c1-2-7-17(24)21-16-11-6-8-14(12-16)13-20-19-22-18(25-23-19)15-9-4-3-5-10-15/h3-6,8-12H,2,7,13H2,1H3,(H,20,23)(H,21,24). The molecular formula is C19H20N4O2. The molecule has 0 fully saturated rings. The van der Waals surface area contributed by atoms with E-state index in [-0.39, 0.29) is 5.91 Å². The molecule has 2 N–H and O–H groups in total. The van der Waals surface area contributed by atoms with E-state index in [2.05, 4.69) is 20.8 Å². The van der Waals surface area contributed by atoms with Crippen molar-refractivity contribution in [3.05, 3.63) is 60.2 Å². The minimum atomic E-state index is 0.0262. The Bertz CT molecular complexity index is 830. The molecule has 0 saturated carbocycles. The largest absolute Gasteiger partial charge is 0.347 e. The first kappa shape index (κ1) is 16.7. The number of aromatic nitrogens is 2. The predicted octanol–water partition coefficient (Wildman–Crippen LogP) is 4.09. The molecule has 25 heavy (non-hydrogen) atoms. The van der Waals surface area contributed by atoms with Crippen molar-refractivity contribution in [2.45, 2.75) is 26.3 Å². The highest BCUT2D eigenvalue weighted by atomic mass is 16.5. The average Bonchev–Trinajstić information content (AvgIpc) is 3.10. The molecule has 0 aliphatic rings. The number of anilines is 2. The van der Waals surface area contributed by atoms with Gasteiger partial charge in [-0.2, -0.15) is 4.98 Å². The second kappa shape index (κ2) is 8.10. The monoisotopic (exact) mass is 336 g/mol. The fraction of sp³-hybridized carbons (Fsp3) is 0.211. The van der Waals surface area contributed by atoms with Crippen molar-refractivity contribution < 1.29 is 9.32 Å². The zero-order valence-corrected chi connectivity index (χ0v) is 14.0. The number of carbonyl (C=O) groups excluding carboxylic acids is 1. The van der Waals surface area contributed by atoms with Gasteiger partial charge in [0.25, 0.3) is 11.8 Å². The van der Waals surface area contributed by atoms with Gasteiger partial charge in [-0.05, 0) is 41.4 Å². The Morgan fingerprint density at radius 3 is 2.76 bits per heavy atom. The van der Waals surface area contributed by atoms with Gasteiger partial charge >= 0.3 is 0 Å². The smallest absolute Gasteiger partial charge is 0.264 e. The molecule has 6 nitrogen and oxygen atoms in total. The summed E-state index contributed by atoms with van der Waals surface area (Å²) in [5, 5.41) is 9.95. The Hall–Kier alpha value is -3.15. The fourth-order valence-electron chi connectivity index (χ4n) is 2.38. The SMILES string of the molecule is CCCC(=O)Nc1cccc(CNc2noc(-c3ccccc3)n2)c1. The summed E-state index contributed by atoms with van der Waals surface area (Å²) in [5.74, 6) is 0.932. The lowest BCUT2D eigenvalue weighted by Crippen LogP contribution is -2.11. The molecule has 1 heterocycles. The van der Waals surface area contributed by atoms with E-state index in [0.717, 1.165) is 23.2 Å². The Morgan fingerprint density at radius 1 is 1.12 bits per heavy atom. The van der Waals surface area contributed by atoms with E-state index >= 15 is 0 Å². The fourth-order valence-corrected chi connectivity index (χ4v) is 2.38. The van der Waals surface area contributed by atoms with Gasteiger partial charge in [-0.1, -0.05) is 37.3 Å². The summed E-state index contributed by atoms with van der Waals surface area (Å²) < 4.78 is 5.26. The molecule has 0 radical (unpaired) electrons. The number of hydrogen-bond acceptors (Lipinski definition) is 5. The van der Waals surface area contributed by atoms with Crippen molar-refractivity contribution in [3.63, 3.8) is 0 Å². The molecule has 0 atom stereocenters. The Balaban J connectivity index is 1.60. The second-order valence-electron chi connectivity index (χ2n) is 5.64. The van der Waals surface area contributed by atoms with Gasteiger partial charge < -0.3 is 15.2 Å². The molecule has 3 aromatic rings. The van der Waals surface area contributed by atoms with Crippen LogP contribution in [0.15, 0.2) is 59.1 Å². The molecule has 3 rings (SSSR count). The number of benzene rings is 2. The second-order valence-corrected chi connectivity index (χ2v) is 5.64. The minimum Gasteiger partial charge on any atom is -0.347 e. The highest BCUT2D eigenvalue weighted by Gasteiger charge is 2.08. The van der Waals surface area contributed by atoms with Gasteiger partial charge in [0.1, 0.15) is 0 Å². The van der Waals surface area contributed by atoms with Crippen molar-refractivity contribution in [2.24, 2.45) is 0 Å². The quantitative estimate of drug-likeness (QED) is 0.679. The Morgan fingerprint density at radius 2 is 1.96 bits per heavy atom. The molecule has 0 bridgehead atoms. The van der Waals surface area contributed by atoms with Gasteiger partial charge in [-0.15, -0.1) is 0 Å². The maximum absolute atomic E-state index is 11.7. The van der Waals surface area contributed by atoms with Gasteiger partial charge in [0.15, 0.2) is 0 Å². The topological polar surface area (TPSA) is 80.0 Å². The van der Waals surface area contributed by atoms with Crippen LogP contribution in [0.2, 0.25) is 0 Å². The molecule has 0 aliphatic heterocycles. The van der Waals surface area contributed by atoms with Gasteiger partial charge in [-0.3, -0.25) is 4.79 Å². The van der Waals surface area contributed by atoms with E-state index in [0.29, 0.717) is 24.8 Å². The van der Waals surface area contributed by atoms with Crippen LogP contribution < -0.4 is 10.6 Å². The van der Waals surface area contributed by atoms with E-state index in [1.165, 1.54) is 0 Å². The number of amides is 1. The van der Waals surface area contributed by atoms with Crippen LogP contribution in [0, 0.1) is 0 Å². The highest BCUT2D eigenvalue weighted by Crippen LogP contribution is 2.18. The van der Waals surface area contributed by atoms with Gasteiger partial charge in [-0.25, -0.2) is 0 Å². The summed E-state index contributed by atoms with van der Waals surface area (Å²) in [6.07, 6.45) is 1.35. The summed E-state index contributed by atoms with van der Waals surface area (Å²) in [7, 11) is 0. The molecule has 1 amide bonds. The van der Waals surface area contributed by atoms with Crippen LogP contribution in [0.25, 0.3) is 11.5 Å². The predicted molar refractivity (Wildman–Crippen MR) is 97.0 cm³/mol. The van der Waals surface area contributed by atoms with Crippen LogP contribution in [0.1, 0.15) is 25.3 Å². The number of nitrogens with zero attached hydrogens (tertiary/aromatic N) is 2. The summed E-state index contributed by atoms with van der Waals surface area (Å²) in [4.78, 5) is 16.0. The molecule has 1 aromatic heterocycles. The van der Waals surface area contributed by atoms with Crippen molar-refractivity contribution in [1.29, 1.82) is 0 Å². The summed E-state index contributed by atoms with van der Waals surface area (Å²) in [5.41, 5.74) is 2.68. The van der Waals surface area contributed by atoms with Gasteiger partial charge in [0.05, 0.1) is 0 Å². The van der Waals surface area contributed by atoms with Crippen molar-refractivity contribution in [2.75, 3.05) is 10.6 Å². The third kappa shape index (κ3) is 4.67. The normalized spacial score (nSPS) is 10.4. The third-order valence-electron chi connectivity index (χ3n) is 3.59. The van der Waals surface area contributed by atoms with E-state index in [1.807, 2.05) is 61.5 Å². The maximum atomic E-state index is 11.7. The number of hydrogen-bond donors (Lipinski definition) is 2. The Labute approximate surface area is 146 Å². The van der Waals surface area contributed by atoms with Gasteiger partial charge in [0, 0.05) is 24.2 Å². The maximum Gasteiger partial charge on any atom is 0.264 e. The van der Waals surface area contributed by atoms with Crippen LogP contribution in [-0.2, 0) is 11.3 Å². The summed E-state index contributed by atoms with van der Waals surface area (Å²) >= 11 is 0. The molecular weight excluding hydrogens is 316 g/mol. The molecule has 0 aliphatic carbocycles. The lowest BCUT2D eigenvalue weighted by atomic mass is 10.2. The van der Waals surface area contributed by atoms with E-state index in [9.17, 15) is 4.79 Å². The molecule has 2 aromatic carbocycles. The minimum absolute atomic E-state index is 0.0262. The van der Waals surface area contributed by atoms with E-state index < -0.39 is 0 Å². The van der Waals surface area contributed by atoms with Crippen molar-refractivity contribution in [3.8, 4) is 11.5 Å². The highest BCUT2D eigenvalue weighted by molar-refractivity contribution is 5.90. The zero-order chi connectivity index (χ0) is 17.5. The van der Waals surface area contributed by atoms with Crippen molar-refractivity contribution in [1.82, 2.24) is 10.1 Å².